The summed E-state index contributed by atoms with van der Waals surface area (Å²) >= 11 is 0. The van der Waals surface area contributed by atoms with Crippen molar-refractivity contribution >= 4 is 55.4 Å². The van der Waals surface area contributed by atoms with Crippen LogP contribution in [0.3, 0.4) is 0 Å². The van der Waals surface area contributed by atoms with Gasteiger partial charge in [-0.3, -0.25) is 19.8 Å². The predicted octanol–water partition coefficient (Wildman–Crippen LogP) is 8.89. The fourth-order valence-electron chi connectivity index (χ4n) is 13.0. The Labute approximate surface area is 424 Å². The third kappa shape index (κ3) is 8.72. The minimum absolute atomic E-state index is 0.0701. The summed E-state index contributed by atoms with van der Waals surface area (Å²) in [5, 5.41) is 16.3. The molecule has 0 unspecified atom stereocenters. The number of aromatic amines is 1. The minimum atomic E-state index is -4.77. The summed E-state index contributed by atoms with van der Waals surface area (Å²) in [5.74, 6) is -0.726. The number of pyridine rings is 1. The van der Waals surface area contributed by atoms with E-state index in [0.717, 1.165) is 62.1 Å². The van der Waals surface area contributed by atoms with E-state index in [1.54, 1.807) is 12.3 Å². The highest BCUT2D eigenvalue weighted by Gasteiger charge is 2.51. The molecule has 0 radical (unpaired) electrons. The molecule has 73 heavy (non-hydrogen) atoms. The second-order valence-corrected chi connectivity index (χ2v) is 24.0. The number of aromatic nitrogens is 2. The van der Waals surface area contributed by atoms with Gasteiger partial charge in [-0.05, 0) is 111 Å². The molecular weight excluding hydrogens is 956 g/mol. The summed E-state index contributed by atoms with van der Waals surface area (Å²) in [5.41, 5.74) is 3.52. The maximum atomic E-state index is 16.0. The Balaban J connectivity index is 0.841. The summed E-state index contributed by atoms with van der Waals surface area (Å²) in [6.07, 6.45) is 8.78. The molecule has 5 aromatic rings. The Bertz CT molecular complexity index is 3090. The van der Waals surface area contributed by atoms with Gasteiger partial charge < -0.3 is 39.0 Å². The number of benzene rings is 3. The van der Waals surface area contributed by atoms with Gasteiger partial charge in [0.1, 0.15) is 29.7 Å². The molecule has 4 saturated heterocycles. The highest BCUT2D eigenvalue weighted by Crippen LogP contribution is 2.56. The van der Waals surface area contributed by atoms with Gasteiger partial charge in [0.25, 0.3) is 21.6 Å². The number of halogens is 1. The number of hydrogen-bond acceptors (Lipinski definition) is 14. The van der Waals surface area contributed by atoms with Gasteiger partial charge in [0.15, 0.2) is 11.4 Å². The van der Waals surface area contributed by atoms with E-state index >= 15 is 4.39 Å². The third-order valence-corrected chi connectivity index (χ3v) is 18.6. The number of likely N-dealkylation sites (tertiary alicyclic amines) is 1. The van der Waals surface area contributed by atoms with Crippen molar-refractivity contribution in [2.75, 3.05) is 67.8 Å². The molecule has 2 aromatic heterocycles. The number of amides is 1. The molecule has 17 nitrogen and oxygen atoms in total. The average Bonchev–Trinajstić information content (AvgIpc) is 3.83. The summed E-state index contributed by atoms with van der Waals surface area (Å²) < 4.78 is 70.6. The summed E-state index contributed by atoms with van der Waals surface area (Å²) in [6, 6.07) is 20.0. The molecule has 1 amide bonds. The zero-order valence-electron chi connectivity index (χ0n) is 41.5. The van der Waals surface area contributed by atoms with Gasteiger partial charge in [0, 0.05) is 87.2 Å². The van der Waals surface area contributed by atoms with Crippen LogP contribution in [-0.4, -0.2) is 117 Å². The molecule has 1 saturated carbocycles. The number of ether oxygens (including phenoxy) is 4. The number of alkyl halides is 1. The monoisotopic (exact) mass is 1020 g/mol. The Kier molecular flexibility index (Phi) is 11.9. The lowest BCUT2D eigenvalue weighted by Gasteiger charge is -2.59. The molecule has 4 atom stereocenters. The van der Waals surface area contributed by atoms with Crippen molar-refractivity contribution in [1.29, 1.82) is 0 Å². The molecule has 1 aliphatic carbocycles. The summed E-state index contributed by atoms with van der Waals surface area (Å²) in [6.45, 7) is 10.7. The normalized spacial score (nSPS) is 25.5. The van der Waals surface area contributed by atoms with E-state index in [1.165, 1.54) is 30.4 Å². The molecule has 7 aliphatic rings. The lowest BCUT2D eigenvalue weighted by Crippen LogP contribution is -2.57. The first-order valence-corrected chi connectivity index (χ1v) is 27.3. The zero-order chi connectivity index (χ0) is 50.4. The van der Waals surface area contributed by atoms with E-state index in [0.29, 0.717) is 48.0 Å². The van der Waals surface area contributed by atoms with Crippen molar-refractivity contribution in [2.45, 2.75) is 119 Å². The highest BCUT2D eigenvalue weighted by molar-refractivity contribution is 7.90. The number of fused-ring (bicyclic) bond motifs is 4. The van der Waals surface area contributed by atoms with Gasteiger partial charge in [-0.1, -0.05) is 38.1 Å². The number of sulfonamides is 1. The number of nitro groups is 1. The number of piperidine rings is 2. The standard InChI is InChI=1S/C54H63FN8O9S/c1-33-6-4-5-7-38(33)44-30-52(2,3)12-20-61(44)36-28-53(29-36)13-18-60(19-14-53)35-8-9-39(41(25-35)62-40-11-21-70-31-46(40)72-51-43(62)24-34-10-17-56-49(34)58-51)50(64)59-73(67,68)37-26-42(63(65)66)48-45(27-37)71-32-47(57-48)54(55)15-22-69-23-16-54/h4-10,17,24-27,36,40,44,46-47,57H,11-16,18-23,28-32H2,1-3H3,(H,56,58)(H,59,64)/t40-,44-,46-,47-/m0/s1. The van der Waals surface area contributed by atoms with Gasteiger partial charge >= 0.3 is 0 Å². The minimum Gasteiger partial charge on any atom is -0.489 e. The SMILES string of the molecule is Cc1ccccc1[C@@H]1CC(C)(C)CCN1C1CC2(CCN(c3ccc(C(=O)NS(=O)(=O)c4cc5c(c([N+](=O)[O-])c4)N[C@H](C4(F)CCOCC4)CO5)c(N4c5cc6cc[nH]c6nc5O[C@H]5COCC[C@@H]54)c3)CC2)C1. The van der Waals surface area contributed by atoms with Crippen molar-refractivity contribution < 1.29 is 41.5 Å². The predicted molar refractivity (Wildman–Crippen MR) is 273 cm³/mol. The lowest BCUT2D eigenvalue weighted by molar-refractivity contribution is -0.384. The molecule has 5 fully saturated rings. The van der Waals surface area contributed by atoms with Gasteiger partial charge in [0.2, 0.25) is 5.88 Å². The number of nitro benzene ring substituents is 1. The van der Waals surface area contributed by atoms with Gasteiger partial charge in [0.05, 0.1) is 39.8 Å². The van der Waals surface area contributed by atoms with Gasteiger partial charge in [-0.25, -0.2) is 17.5 Å². The molecule has 3 aromatic carbocycles. The highest BCUT2D eigenvalue weighted by atomic mass is 32.2. The van der Waals surface area contributed by atoms with Crippen molar-refractivity contribution in [3.05, 3.63) is 99.7 Å². The van der Waals surface area contributed by atoms with Gasteiger partial charge in [-0.15, -0.1) is 0 Å². The molecule has 386 valence electrons. The number of nitrogens with one attached hydrogen (secondary N) is 3. The van der Waals surface area contributed by atoms with E-state index in [4.69, 9.17) is 23.9 Å². The molecule has 3 N–H and O–H groups in total. The quantitative estimate of drug-likeness (QED) is 0.0936. The Morgan fingerprint density at radius 3 is 2.49 bits per heavy atom. The van der Waals surface area contributed by atoms with Crippen LogP contribution in [0.15, 0.2) is 77.8 Å². The second-order valence-electron chi connectivity index (χ2n) is 22.3. The average molecular weight is 1020 g/mol. The number of rotatable bonds is 9. The van der Waals surface area contributed by atoms with Crippen LogP contribution in [0.2, 0.25) is 0 Å². The van der Waals surface area contributed by atoms with E-state index in [1.807, 2.05) is 24.3 Å². The molecule has 0 bridgehead atoms. The maximum absolute atomic E-state index is 16.0. The summed E-state index contributed by atoms with van der Waals surface area (Å²) in [7, 11) is -4.77. The van der Waals surface area contributed by atoms with Crippen molar-refractivity contribution in [3.8, 4) is 11.6 Å². The van der Waals surface area contributed by atoms with Crippen molar-refractivity contribution in [1.82, 2.24) is 19.6 Å². The van der Waals surface area contributed by atoms with Crippen LogP contribution in [0.25, 0.3) is 11.0 Å². The van der Waals surface area contributed by atoms with Crippen LogP contribution in [0.4, 0.5) is 32.8 Å². The van der Waals surface area contributed by atoms with Crippen LogP contribution in [-0.2, 0) is 19.5 Å². The number of nitrogens with zero attached hydrogens (tertiary/aromatic N) is 5. The van der Waals surface area contributed by atoms with E-state index in [9.17, 15) is 23.3 Å². The number of H-pyrrole nitrogens is 1. The molecule has 12 rings (SSSR count). The number of aryl methyl sites for hydroxylation is 1. The molecular formula is C54H63FN8O9S. The van der Waals surface area contributed by atoms with Crippen LogP contribution < -0.4 is 29.3 Å². The van der Waals surface area contributed by atoms with Crippen LogP contribution >= 0.6 is 0 Å². The second kappa shape index (κ2) is 18.1. The molecule has 6 aliphatic heterocycles. The van der Waals surface area contributed by atoms with Gasteiger partial charge in [-0.2, -0.15) is 4.98 Å². The van der Waals surface area contributed by atoms with Crippen LogP contribution in [0.1, 0.15) is 99.2 Å². The topological polar surface area (TPSA) is 194 Å². The largest absolute Gasteiger partial charge is 0.489 e. The Hall–Kier alpha value is -6.02. The first kappa shape index (κ1) is 48.0. The van der Waals surface area contributed by atoms with Crippen LogP contribution in [0, 0.1) is 27.9 Å². The number of anilines is 4. The van der Waals surface area contributed by atoms with Crippen molar-refractivity contribution in [3.63, 3.8) is 0 Å². The molecule has 1 spiro atoms. The first-order valence-electron chi connectivity index (χ1n) is 25.8. The first-order chi connectivity index (χ1) is 35.1. The number of carbonyl (C=O) groups is 1. The molecule has 8 heterocycles. The summed E-state index contributed by atoms with van der Waals surface area (Å²) in [4.78, 5) is 41.3. The molecule has 19 heteroatoms. The smallest absolute Gasteiger partial charge is 0.297 e. The van der Waals surface area contributed by atoms with E-state index in [2.05, 4.69) is 74.8 Å². The lowest BCUT2D eigenvalue weighted by atomic mass is 9.59. The van der Waals surface area contributed by atoms with E-state index in [-0.39, 0.29) is 73.1 Å². The van der Waals surface area contributed by atoms with Crippen molar-refractivity contribution in [2.24, 2.45) is 10.8 Å². The van der Waals surface area contributed by atoms with Crippen LogP contribution in [0.5, 0.6) is 11.6 Å². The van der Waals surface area contributed by atoms with E-state index < -0.39 is 49.3 Å². The Morgan fingerprint density at radius 2 is 1.71 bits per heavy atom. The Morgan fingerprint density at radius 1 is 0.918 bits per heavy atom. The number of hydrogen-bond donors (Lipinski definition) is 3. The number of carbonyl (C=O) groups excluding carboxylic acids is 1. The maximum Gasteiger partial charge on any atom is 0.297 e. The fourth-order valence-corrected chi connectivity index (χ4v) is 14.0. The zero-order valence-corrected chi connectivity index (χ0v) is 42.3. The fraction of sp³-hybridized carbons (Fsp3) is 0.519. The third-order valence-electron chi connectivity index (χ3n) is 17.3.